The molecule has 63 heavy (non-hydrogen) atoms. The number of thioether (sulfide) groups is 1. The average molecular weight is 913 g/mol. The van der Waals surface area contributed by atoms with Gasteiger partial charge in [-0.15, -0.1) is 11.8 Å². The van der Waals surface area contributed by atoms with Gasteiger partial charge in [0.25, 0.3) is 5.91 Å². The van der Waals surface area contributed by atoms with Crippen LogP contribution in [0.4, 0.5) is 5.69 Å². The lowest BCUT2D eigenvalue weighted by molar-refractivity contribution is -0.137. The van der Waals surface area contributed by atoms with Crippen molar-refractivity contribution in [2.45, 2.75) is 62.0 Å². The largest absolute Gasteiger partial charge is 0.496 e. The lowest BCUT2D eigenvalue weighted by Gasteiger charge is -2.43. The third-order valence-corrected chi connectivity index (χ3v) is 15.5. The van der Waals surface area contributed by atoms with Crippen LogP contribution in [0.5, 0.6) is 5.75 Å². The van der Waals surface area contributed by atoms with E-state index in [1.165, 1.54) is 11.8 Å². The van der Waals surface area contributed by atoms with Crippen molar-refractivity contribution in [2.75, 3.05) is 77.0 Å². The Balaban J connectivity index is 0.776. The van der Waals surface area contributed by atoms with Crippen LogP contribution in [-0.4, -0.2) is 133 Å². The maximum Gasteiger partial charge on any atom is 0.255 e. The number of carbonyl (C=O) groups excluding carboxylic acids is 4. The molecule has 5 heterocycles. The number of anilines is 1. The fraction of sp³-hybridized carbons (Fsp3) is 0.435. The average Bonchev–Trinajstić information content (AvgIpc) is 3.61. The molecule has 4 aliphatic rings. The number of aromatic nitrogens is 2. The summed E-state index contributed by atoms with van der Waals surface area (Å²) < 4.78 is 18.8. The quantitative estimate of drug-likeness (QED) is 0.0774. The van der Waals surface area contributed by atoms with E-state index in [1.54, 1.807) is 37.6 Å². The first-order chi connectivity index (χ1) is 30.3. The number of amides is 4. The molecular formula is C46H54ClN8O6PS. The standard InChI is InChI=1S/C46H54ClN8O6PS/c1-61-39-25-33(12-11-30(39)24-42-48-26-36(47)37(50-42)23-31-7-4-5-9-40(31)62(2,3)60)53-17-15-32(16-18-53)54-21-19-52(20-22-54)28-44(57)49-29-63-41-10-6-8-34-35(41)27-55(46(34)59)38-13-14-43(56)51-45(38)58/h4-12,25-26,32,38H,13-24,27-29H2,1-3H3,(H,49,57)(H,51,56,58). The molecule has 0 aliphatic carbocycles. The summed E-state index contributed by atoms with van der Waals surface area (Å²) in [6.45, 7) is 9.57. The molecule has 3 saturated heterocycles. The number of methoxy groups -OCH3 is 1. The van der Waals surface area contributed by atoms with Crippen molar-refractivity contribution in [1.82, 2.24) is 35.3 Å². The van der Waals surface area contributed by atoms with Gasteiger partial charge in [0.1, 0.15) is 24.8 Å². The number of nitrogens with zero attached hydrogens (tertiary/aromatic N) is 6. The van der Waals surface area contributed by atoms with Gasteiger partial charge >= 0.3 is 0 Å². The summed E-state index contributed by atoms with van der Waals surface area (Å²) in [5, 5.41) is 6.71. The number of nitrogens with one attached hydrogen (secondary N) is 2. The van der Waals surface area contributed by atoms with Gasteiger partial charge in [0, 0.05) is 110 Å². The second-order valence-electron chi connectivity index (χ2n) is 17.0. The molecule has 0 saturated carbocycles. The van der Waals surface area contributed by atoms with E-state index in [-0.39, 0.29) is 24.1 Å². The van der Waals surface area contributed by atoms with Crippen molar-refractivity contribution in [3.05, 3.63) is 106 Å². The first-order valence-electron chi connectivity index (χ1n) is 21.5. The van der Waals surface area contributed by atoms with Crippen molar-refractivity contribution in [3.8, 4) is 5.75 Å². The SMILES string of the molecule is COc1cc(N2CCC(N3CCN(CC(=O)NCSc4cccc5c4CN(C4CCC(=O)NC4=O)C5=O)CC3)CC2)ccc1Cc1ncc(Cl)c(Cc2ccccc2P(C)(C)=O)n1. The molecular weight excluding hydrogens is 859 g/mol. The van der Waals surface area contributed by atoms with E-state index in [9.17, 15) is 23.7 Å². The van der Waals surface area contributed by atoms with Crippen molar-refractivity contribution in [1.29, 1.82) is 0 Å². The van der Waals surface area contributed by atoms with E-state index < -0.39 is 19.1 Å². The Hall–Kier alpha value is -4.79. The molecule has 14 nitrogen and oxygen atoms in total. The normalized spacial score (nSPS) is 19.0. The highest BCUT2D eigenvalue weighted by molar-refractivity contribution is 7.99. The van der Waals surface area contributed by atoms with E-state index in [0.29, 0.717) is 66.4 Å². The summed E-state index contributed by atoms with van der Waals surface area (Å²) in [7, 11) is -0.788. The molecule has 3 fully saturated rings. The molecule has 4 amide bonds. The summed E-state index contributed by atoms with van der Waals surface area (Å²) >= 11 is 8.04. The molecule has 1 atom stereocenters. The van der Waals surface area contributed by atoms with Crippen LogP contribution in [0.3, 0.4) is 0 Å². The third kappa shape index (κ3) is 10.4. The number of halogens is 1. The Labute approximate surface area is 377 Å². The van der Waals surface area contributed by atoms with E-state index in [4.69, 9.17) is 21.3 Å². The molecule has 17 heteroatoms. The zero-order valence-corrected chi connectivity index (χ0v) is 38.4. The highest BCUT2D eigenvalue weighted by Crippen LogP contribution is 2.37. The first kappa shape index (κ1) is 44.8. The van der Waals surface area contributed by atoms with Crippen LogP contribution in [0, 0.1) is 0 Å². The number of carbonyl (C=O) groups is 4. The highest BCUT2D eigenvalue weighted by atomic mass is 35.5. The molecule has 0 radical (unpaired) electrons. The van der Waals surface area contributed by atoms with Gasteiger partial charge < -0.3 is 24.4 Å². The van der Waals surface area contributed by atoms with Crippen LogP contribution in [0.15, 0.2) is 71.8 Å². The van der Waals surface area contributed by atoms with Crippen LogP contribution in [-0.2, 0) is 38.3 Å². The second-order valence-corrected chi connectivity index (χ2v) is 21.6. The lowest BCUT2D eigenvalue weighted by Crippen LogP contribution is -2.54. The smallest absolute Gasteiger partial charge is 0.255 e. The number of benzene rings is 3. The van der Waals surface area contributed by atoms with Crippen LogP contribution in [0.2, 0.25) is 5.02 Å². The number of fused-ring (bicyclic) bond motifs is 1. The Morgan fingerprint density at radius 3 is 2.48 bits per heavy atom. The van der Waals surface area contributed by atoms with E-state index in [0.717, 1.165) is 90.4 Å². The maximum absolute atomic E-state index is 13.2. The molecule has 4 aliphatic heterocycles. The second kappa shape index (κ2) is 19.5. The zero-order valence-electron chi connectivity index (χ0n) is 36.0. The minimum atomic E-state index is -2.48. The van der Waals surface area contributed by atoms with Gasteiger partial charge in [-0.25, -0.2) is 9.97 Å². The maximum atomic E-state index is 13.2. The molecule has 0 bridgehead atoms. The fourth-order valence-electron chi connectivity index (χ4n) is 9.19. The molecule has 2 N–H and O–H groups in total. The Morgan fingerprint density at radius 2 is 1.73 bits per heavy atom. The number of piperazine rings is 1. The van der Waals surface area contributed by atoms with E-state index >= 15 is 0 Å². The van der Waals surface area contributed by atoms with Gasteiger partial charge in [0.05, 0.1) is 30.2 Å². The monoisotopic (exact) mass is 912 g/mol. The Morgan fingerprint density at radius 1 is 0.952 bits per heavy atom. The van der Waals surface area contributed by atoms with E-state index in [2.05, 4.69) is 48.5 Å². The number of ether oxygens (including phenoxy) is 1. The third-order valence-electron chi connectivity index (χ3n) is 12.6. The van der Waals surface area contributed by atoms with E-state index in [1.807, 2.05) is 36.4 Å². The number of rotatable bonds is 14. The predicted octanol–water partition coefficient (Wildman–Crippen LogP) is 4.78. The number of piperidine rings is 2. The molecule has 1 unspecified atom stereocenters. The summed E-state index contributed by atoms with van der Waals surface area (Å²) in [5.74, 6) is 0.816. The van der Waals surface area contributed by atoms with Gasteiger partial charge in [-0.2, -0.15) is 0 Å². The van der Waals surface area contributed by atoms with Gasteiger partial charge in [-0.05, 0) is 61.9 Å². The molecule has 8 rings (SSSR count). The zero-order chi connectivity index (χ0) is 44.3. The Kier molecular flexibility index (Phi) is 13.9. The first-order valence-corrected chi connectivity index (χ1v) is 25.5. The predicted molar refractivity (Wildman–Crippen MR) is 246 cm³/mol. The van der Waals surface area contributed by atoms with Crippen molar-refractivity contribution in [3.63, 3.8) is 0 Å². The fourth-order valence-corrected chi connectivity index (χ4v) is 11.5. The number of hydrogen-bond acceptors (Lipinski definition) is 12. The topological polar surface area (TPSA) is 157 Å². The van der Waals surface area contributed by atoms with Gasteiger partial charge in [-0.3, -0.25) is 34.3 Å². The molecule has 1 aromatic heterocycles. The van der Waals surface area contributed by atoms with Crippen molar-refractivity contribution in [2.24, 2.45) is 0 Å². The lowest BCUT2D eigenvalue weighted by atomic mass is 10.0. The molecule has 4 aromatic rings. The van der Waals surface area contributed by atoms with Crippen LogP contribution in [0.1, 0.15) is 64.2 Å². The summed E-state index contributed by atoms with van der Waals surface area (Å²) in [4.78, 5) is 69.3. The minimum absolute atomic E-state index is 0.0338. The van der Waals surface area contributed by atoms with Crippen LogP contribution < -0.4 is 25.6 Å². The van der Waals surface area contributed by atoms with Crippen molar-refractivity contribution < 1.29 is 28.5 Å². The number of imide groups is 1. The summed E-state index contributed by atoms with van der Waals surface area (Å²) in [6.07, 6.45) is 5.23. The molecule has 0 spiro atoms. The van der Waals surface area contributed by atoms with Crippen LogP contribution >= 0.6 is 30.5 Å². The van der Waals surface area contributed by atoms with Crippen molar-refractivity contribution >= 4 is 65.1 Å². The van der Waals surface area contributed by atoms with Gasteiger partial charge in [-0.1, -0.05) is 48.0 Å². The molecule has 332 valence electrons. The van der Waals surface area contributed by atoms with Gasteiger partial charge in [0.15, 0.2) is 0 Å². The van der Waals surface area contributed by atoms with Crippen LogP contribution in [0.25, 0.3) is 0 Å². The summed E-state index contributed by atoms with van der Waals surface area (Å²) in [6, 6.07) is 19.5. The minimum Gasteiger partial charge on any atom is -0.496 e. The Bertz CT molecular complexity index is 2440. The molecule has 3 aromatic carbocycles. The highest BCUT2D eigenvalue weighted by Gasteiger charge is 2.40. The van der Waals surface area contributed by atoms with Gasteiger partial charge in [0.2, 0.25) is 17.7 Å². The number of hydrogen-bond donors (Lipinski definition) is 2. The summed E-state index contributed by atoms with van der Waals surface area (Å²) in [5.41, 5.74) is 5.18.